The fraction of sp³-hybridized carbons (Fsp3) is 0. The molecule has 0 atom stereocenters. The van der Waals surface area contributed by atoms with Crippen LogP contribution in [0.25, 0.3) is 75.1 Å². The first-order valence-electron chi connectivity index (χ1n) is 16.6. The molecular weight excluding hydrogens is 615 g/mol. The summed E-state index contributed by atoms with van der Waals surface area (Å²) in [5.74, 6) is 0. The van der Waals surface area contributed by atoms with E-state index in [9.17, 15) is 0 Å². The molecule has 2 aromatic heterocycles. The second-order valence-corrected chi connectivity index (χ2v) is 13.5. The van der Waals surface area contributed by atoms with Gasteiger partial charge in [-0.1, -0.05) is 127 Å². The summed E-state index contributed by atoms with van der Waals surface area (Å²) in [4.78, 5) is 2.45. The predicted molar refractivity (Wildman–Crippen MR) is 210 cm³/mol. The maximum absolute atomic E-state index is 6.30. The van der Waals surface area contributed by atoms with Crippen LogP contribution in [0.15, 0.2) is 180 Å². The number of hydrogen-bond acceptors (Lipinski definition) is 3. The summed E-state index contributed by atoms with van der Waals surface area (Å²) in [6, 6.07) is 63.3. The normalized spacial score (nSPS) is 11.7. The van der Waals surface area contributed by atoms with Crippen LogP contribution in [0.4, 0.5) is 17.1 Å². The van der Waals surface area contributed by atoms with E-state index in [0.717, 1.165) is 39.0 Å². The van der Waals surface area contributed by atoms with E-state index in [1.165, 1.54) is 53.2 Å². The lowest BCUT2D eigenvalue weighted by Crippen LogP contribution is -2.11. The van der Waals surface area contributed by atoms with Crippen molar-refractivity contribution in [2.24, 2.45) is 0 Å². The van der Waals surface area contributed by atoms with Gasteiger partial charge in [0.15, 0.2) is 0 Å². The van der Waals surface area contributed by atoms with Crippen molar-refractivity contribution in [2.45, 2.75) is 0 Å². The van der Waals surface area contributed by atoms with Crippen LogP contribution < -0.4 is 4.90 Å². The van der Waals surface area contributed by atoms with Crippen molar-refractivity contribution >= 4 is 81.3 Å². The Labute approximate surface area is 287 Å². The topological polar surface area (TPSA) is 16.4 Å². The molecule has 0 radical (unpaired) electrons. The number of thiophene rings is 1. The molecule has 10 rings (SSSR count). The van der Waals surface area contributed by atoms with Gasteiger partial charge in [0.2, 0.25) is 0 Å². The minimum absolute atomic E-state index is 0.888. The summed E-state index contributed by atoms with van der Waals surface area (Å²) < 4.78 is 8.89. The average molecular weight is 644 g/mol. The molecule has 0 unspecified atom stereocenters. The summed E-state index contributed by atoms with van der Waals surface area (Å²) in [7, 11) is 0. The lowest BCUT2D eigenvalue weighted by molar-refractivity contribution is 0.669. The van der Waals surface area contributed by atoms with Gasteiger partial charge in [0.05, 0.1) is 5.69 Å². The highest BCUT2D eigenvalue weighted by molar-refractivity contribution is 7.26. The molecule has 10 aromatic rings. The van der Waals surface area contributed by atoms with Gasteiger partial charge in [-0.3, -0.25) is 0 Å². The molecule has 230 valence electrons. The summed E-state index contributed by atoms with van der Waals surface area (Å²) in [6.45, 7) is 0. The standard InChI is InChI=1S/C46H29NOS/c1-3-13-30(14-4-1)35-25-23-33(28-39(35)31-15-5-2-6-16-31)47(34-24-26-43-40(29-34)37-19-9-11-21-42(37)48-43)41-27-32-17-7-8-18-36(32)46-45(41)38-20-10-12-22-44(38)49-46/h1-29H. The predicted octanol–water partition coefficient (Wildman–Crippen LogP) is 13.9. The number of anilines is 3. The maximum atomic E-state index is 6.30. The van der Waals surface area contributed by atoms with Gasteiger partial charge in [0.1, 0.15) is 11.2 Å². The van der Waals surface area contributed by atoms with Crippen LogP contribution in [0.2, 0.25) is 0 Å². The van der Waals surface area contributed by atoms with Gasteiger partial charge in [-0.05, 0) is 81.6 Å². The van der Waals surface area contributed by atoms with Crippen LogP contribution in [0.1, 0.15) is 0 Å². The smallest absolute Gasteiger partial charge is 0.135 e. The van der Waals surface area contributed by atoms with Gasteiger partial charge in [-0.25, -0.2) is 0 Å². The first-order valence-corrected chi connectivity index (χ1v) is 17.4. The number of furan rings is 1. The molecule has 0 bridgehead atoms. The Hall–Kier alpha value is -6.16. The molecule has 8 aromatic carbocycles. The van der Waals surface area contributed by atoms with Crippen LogP contribution in [0.3, 0.4) is 0 Å². The Bertz CT molecular complexity index is 2830. The zero-order valence-corrected chi connectivity index (χ0v) is 27.3. The molecule has 49 heavy (non-hydrogen) atoms. The summed E-state index contributed by atoms with van der Waals surface area (Å²) in [6.07, 6.45) is 0. The molecule has 0 aliphatic heterocycles. The van der Waals surface area contributed by atoms with Gasteiger partial charge < -0.3 is 9.32 Å². The molecule has 2 heterocycles. The number of fused-ring (bicyclic) bond motifs is 8. The quantitative estimate of drug-likeness (QED) is 0.186. The monoisotopic (exact) mass is 643 g/mol. The molecular formula is C46H29NOS. The Morgan fingerprint density at radius 1 is 0.429 bits per heavy atom. The minimum atomic E-state index is 0.888. The zero-order chi connectivity index (χ0) is 32.3. The van der Waals surface area contributed by atoms with Crippen molar-refractivity contribution in [3.8, 4) is 22.3 Å². The van der Waals surface area contributed by atoms with Crippen LogP contribution in [0, 0.1) is 0 Å². The van der Waals surface area contributed by atoms with Crippen molar-refractivity contribution < 1.29 is 4.42 Å². The fourth-order valence-corrected chi connectivity index (χ4v) is 8.65. The summed E-state index contributed by atoms with van der Waals surface area (Å²) in [5, 5.41) is 7.27. The van der Waals surface area contributed by atoms with E-state index in [4.69, 9.17) is 4.42 Å². The fourth-order valence-electron chi connectivity index (χ4n) is 7.39. The number of hydrogen-bond donors (Lipinski definition) is 0. The minimum Gasteiger partial charge on any atom is -0.456 e. The summed E-state index contributed by atoms with van der Waals surface area (Å²) in [5.41, 5.74) is 9.90. The van der Waals surface area contributed by atoms with E-state index in [1.807, 2.05) is 23.5 Å². The first-order chi connectivity index (χ1) is 24.3. The summed E-state index contributed by atoms with van der Waals surface area (Å²) >= 11 is 1.88. The van der Waals surface area contributed by atoms with Crippen LogP contribution in [-0.2, 0) is 0 Å². The Balaban J connectivity index is 1.31. The Morgan fingerprint density at radius 2 is 1.04 bits per heavy atom. The second-order valence-electron chi connectivity index (χ2n) is 12.5. The highest BCUT2D eigenvalue weighted by atomic mass is 32.1. The van der Waals surface area contributed by atoms with Crippen molar-refractivity contribution in [1.82, 2.24) is 0 Å². The molecule has 0 fully saturated rings. The number of benzene rings is 8. The maximum Gasteiger partial charge on any atom is 0.135 e. The number of para-hydroxylation sites is 1. The van der Waals surface area contributed by atoms with E-state index in [-0.39, 0.29) is 0 Å². The molecule has 0 saturated heterocycles. The van der Waals surface area contributed by atoms with Gasteiger partial charge in [-0.15, -0.1) is 11.3 Å². The SMILES string of the molecule is c1ccc(-c2ccc(N(c3ccc4oc5ccccc5c4c3)c3cc4ccccc4c4sc5ccccc5c34)cc2-c2ccccc2)cc1. The molecule has 0 amide bonds. The second kappa shape index (κ2) is 11.2. The molecule has 0 aliphatic carbocycles. The van der Waals surface area contributed by atoms with Crippen molar-refractivity contribution in [1.29, 1.82) is 0 Å². The van der Waals surface area contributed by atoms with E-state index in [0.29, 0.717) is 0 Å². The molecule has 0 aliphatic rings. The van der Waals surface area contributed by atoms with Gasteiger partial charge in [0.25, 0.3) is 0 Å². The molecule has 3 heteroatoms. The highest BCUT2D eigenvalue weighted by Gasteiger charge is 2.23. The van der Waals surface area contributed by atoms with E-state index in [2.05, 4.69) is 169 Å². The van der Waals surface area contributed by atoms with Crippen LogP contribution >= 0.6 is 11.3 Å². The highest BCUT2D eigenvalue weighted by Crippen LogP contribution is 2.49. The van der Waals surface area contributed by atoms with E-state index >= 15 is 0 Å². The lowest BCUT2D eigenvalue weighted by Gasteiger charge is -2.28. The number of rotatable bonds is 5. The molecule has 2 nitrogen and oxygen atoms in total. The van der Waals surface area contributed by atoms with Crippen molar-refractivity contribution in [3.63, 3.8) is 0 Å². The third-order valence-electron chi connectivity index (χ3n) is 9.64. The molecule has 0 spiro atoms. The Kier molecular flexibility index (Phi) is 6.39. The third-order valence-corrected chi connectivity index (χ3v) is 10.8. The Morgan fingerprint density at radius 3 is 1.86 bits per heavy atom. The van der Waals surface area contributed by atoms with Crippen molar-refractivity contribution in [3.05, 3.63) is 176 Å². The van der Waals surface area contributed by atoms with Crippen molar-refractivity contribution in [2.75, 3.05) is 4.90 Å². The van der Waals surface area contributed by atoms with Gasteiger partial charge in [0, 0.05) is 42.3 Å². The average Bonchev–Trinajstić information content (AvgIpc) is 3.75. The third kappa shape index (κ3) is 4.55. The van der Waals surface area contributed by atoms with E-state index < -0.39 is 0 Å². The van der Waals surface area contributed by atoms with Crippen LogP contribution in [-0.4, -0.2) is 0 Å². The zero-order valence-electron chi connectivity index (χ0n) is 26.5. The largest absolute Gasteiger partial charge is 0.456 e. The first kappa shape index (κ1) is 27.9. The van der Waals surface area contributed by atoms with E-state index in [1.54, 1.807) is 0 Å². The molecule has 0 saturated carbocycles. The molecule has 0 N–H and O–H groups in total. The van der Waals surface area contributed by atoms with Gasteiger partial charge >= 0.3 is 0 Å². The van der Waals surface area contributed by atoms with Gasteiger partial charge in [-0.2, -0.15) is 0 Å². The van der Waals surface area contributed by atoms with Crippen LogP contribution in [0.5, 0.6) is 0 Å². The lowest BCUT2D eigenvalue weighted by atomic mass is 9.93. The number of nitrogens with zero attached hydrogens (tertiary/aromatic N) is 1.